The summed E-state index contributed by atoms with van der Waals surface area (Å²) in [6.07, 6.45) is 6.63. The summed E-state index contributed by atoms with van der Waals surface area (Å²) in [5, 5.41) is 0. The minimum atomic E-state index is -0.364. The van der Waals surface area contributed by atoms with Crippen molar-refractivity contribution in [2.45, 2.75) is 58.5 Å². The van der Waals surface area contributed by atoms with E-state index in [0.29, 0.717) is 13.0 Å². The van der Waals surface area contributed by atoms with Crippen LogP contribution in [0.2, 0.25) is 0 Å². The van der Waals surface area contributed by atoms with Gasteiger partial charge in [-0.2, -0.15) is 0 Å². The largest absolute Gasteiger partial charge is 0.369 e. The molecule has 6 heteroatoms. The zero-order valence-corrected chi connectivity index (χ0v) is 17.2. The second-order valence-electron chi connectivity index (χ2n) is 8.22. The van der Waals surface area contributed by atoms with E-state index in [1.165, 1.54) is 0 Å². The number of rotatable bonds is 7. The van der Waals surface area contributed by atoms with Gasteiger partial charge in [-0.15, -0.1) is 0 Å². The van der Waals surface area contributed by atoms with E-state index in [9.17, 15) is 9.59 Å². The number of carbonyl (C=O) groups is 2. The molecule has 28 heavy (non-hydrogen) atoms. The smallest absolute Gasteiger partial charge is 0.251 e. The molecule has 3 rings (SSSR count). The Balaban J connectivity index is 1.52. The van der Waals surface area contributed by atoms with Crippen molar-refractivity contribution in [2.24, 2.45) is 5.41 Å². The van der Waals surface area contributed by atoms with E-state index in [1.807, 2.05) is 41.8 Å². The summed E-state index contributed by atoms with van der Waals surface area (Å²) < 4.78 is 5.60. The molecule has 0 N–H and O–H groups in total. The normalized spacial score (nSPS) is 20.4. The van der Waals surface area contributed by atoms with Crippen molar-refractivity contribution in [2.75, 3.05) is 32.8 Å². The fraction of sp³-hybridized carbons (Fsp3) is 0.682. The lowest BCUT2D eigenvalue weighted by atomic mass is 9.72. The van der Waals surface area contributed by atoms with E-state index in [4.69, 9.17) is 4.74 Å². The van der Waals surface area contributed by atoms with Crippen molar-refractivity contribution in [1.29, 1.82) is 0 Å². The highest BCUT2D eigenvalue weighted by molar-refractivity contribution is 5.80. The molecule has 0 unspecified atom stereocenters. The first-order valence-electron chi connectivity index (χ1n) is 10.6. The SMILES string of the molecule is CCCO[C@@H](C)C(=O)N1CCC2(CCC(=O)N(CCc3ccccn3)C2)CC1. The lowest BCUT2D eigenvalue weighted by Crippen LogP contribution is -2.53. The highest BCUT2D eigenvalue weighted by Gasteiger charge is 2.42. The van der Waals surface area contributed by atoms with Crippen molar-refractivity contribution < 1.29 is 14.3 Å². The molecule has 6 nitrogen and oxygen atoms in total. The quantitative estimate of drug-likeness (QED) is 0.722. The van der Waals surface area contributed by atoms with E-state index in [2.05, 4.69) is 4.98 Å². The van der Waals surface area contributed by atoms with Crippen molar-refractivity contribution in [1.82, 2.24) is 14.8 Å². The number of hydrogen-bond donors (Lipinski definition) is 0. The minimum absolute atomic E-state index is 0.0993. The number of aromatic nitrogens is 1. The topological polar surface area (TPSA) is 62.7 Å². The van der Waals surface area contributed by atoms with Crippen molar-refractivity contribution in [3.8, 4) is 0 Å². The van der Waals surface area contributed by atoms with E-state index in [1.54, 1.807) is 6.20 Å². The van der Waals surface area contributed by atoms with Gasteiger partial charge in [0.05, 0.1) is 0 Å². The first-order chi connectivity index (χ1) is 13.5. The van der Waals surface area contributed by atoms with Gasteiger partial charge in [0, 0.05) is 57.5 Å². The second-order valence-corrected chi connectivity index (χ2v) is 8.22. The summed E-state index contributed by atoms with van der Waals surface area (Å²) in [6.45, 7) is 7.58. The van der Waals surface area contributed by atoms with Crippen molar-refractivity contribution >= 4 is 11.8 Å². The van der Waals surface area contributed by atoms with Crippen LogP contribution in [0.1, 0.15) is 51.6 Å². The number of carbonyl (C=O) groups excluding carboxylic acids is 2. The summed E-state index contributed by atoms with van der Waals surface area (Å²) in [5.74, 6) is 0.351. The summed E-state index contributed by atoms with van der Waals surface area (Å²) in [4.78, 5) is 33.3. The Bertz CT molecular complexity index is 656. The fourth-order valence-corrected chi connectivity index (χ4v) is 4.33. The zero-order valence-electron chi connectivity index (χ0n) is 17.2. The average Bonchev–Trinajstić information content (AvgIpc) is 2.73. The average molecular weight is 388 g/mol. The maximum absolute atomic E-state index is 12.6. The van der Waals surface area contributed by atoms with Gasteiger partial charge in [-0.3, -0.25) is 14.6 Å². The molecule has 2 fully saturated rings. The Morgan fingerprint density at radius 1 is 1.29 bits per heavy atom. The lowest BCUT2D eigenvalue weighted by Gasteiger charge is -2.47. The van der Waals surface area contributed by atoms with Crippen molar-refractivity contribution in [3.63, 3.8) is 0 Å². The molecule has 2 saturated heterocycles. The highest BCUT2D eigenvalue weighted by atomic mass is 16.5. The number of amides is 2. The van der Waals surface area contributed by atoms with Gasteiger partial charge in [0.1, 0.15) is 6.10 Å². The Hall–Kier alpha value is -1.95. The molecule has 0 saturated carbocycles. The van der Waals surface area contributed by atoms with E-state index in [0.717, 1.165) is 64.0 Å². The van der Waals surface area contributed by atoms with Crippen molar-refractivity contribution in [3.05, 3.63) is 30.1 Å². The predicted octanol–water partition coefficient (Wildman–Crippen LogP) is 2.67. The van der Waals surface area contributed by atoms with Crippen LogP contribution in [0.25, 0.3) is 0 Å². The summed E-state index contributed by atoms with van der Waals surface area (Å²) in [6, 6.07) is 5.91. The third kappa shape index (κ3) is 5.10. The molecule has 0 radical (unpaired) electrons. The first-order valence-corrected chi connectivity index (χ1v) is 10.6. The minimum Gasteiger partial charge on any atom is -0.369 e. The summed E-state index contributed by atoms with van der Waals surface area (Å²) in [7, 11) is 0. The van der Waals surface area contributed by atoms with Gasteiger partial charge in [-0.05, 0) is 50.2 Å². The van der Waals surface area contributed by atoms with Gasteiger partial charge in [0.15, 0.2) is 0 Å². The van der Waals surface area contributed by atoms with Gasteiger partial charge in [-0.25, -0.2) is 0 Å². The number of likely N-dealkylation sites (tertiary alicyclic amines) is 2. The van der Waals surface area contributed by atoms with E-state index < -0.39 is 0 Å². The van der Waals surface area contributed by atoms with E-state index >= 15 is 0 Å². The summed E-state index contributed by atoms with van der Waals surface area (Å²) >= 11 is 0. The fourth-order valence-electron chi connectivity index (χ4n) is 4.33. The molecule has 0 bridgehead atoms. The third-order valence-electron chi connectivity index (χ3n) is 6.17. The van der Waals surface area contributed by atoms with Gasteiger partial charge in [0.25, 0.3) is 5.91 Å². The van der Waals surface area contributed by atoms with Crippen LogP contribution in [0.4, 0.5) is 0 Å². The van der Waals surface area contributed by atoms with Crippen LogP contribution in [0.15, 0.2) is 24.4 Å². The van der Waals surface area contributed by atoms with Crippen LogP contribution in [0.3, 0.4) is 0 Å². The maximum Gasteiger partial charge on any atom is 0.251 e. The Morgan fingerprint density at radius 3 is 2.75 bits per heavy atom. The van der Waals surface area contributed by atoms with Crippen LogP contribution in [0.5, 0.6) is 0 Å². The molecule has 1 atom stereocenters. The third-order valence-corrected chi connectivity index (χ3v) is 6.17. The second kappa shape index (κ2) is 9.50. The molecule has 2 aliphatic rings. The van der Waals surface area contributed by atoms with Crippen LogP contribution in [-0.4, -0.2) is 65.5 Å². The van der Waals surface area contributed by atoms with Gasteiger partial charge in [-0.1, -0.05) is 13.0 Å². The molecule has 154 valence electrons. The van der Waals surface area contributed by atoms with Crippen LogP contribution in [-0.2, 0) is 20.7 Å². The van der Waals surface area contributed by atoms with Gasteiger partial charge in [0.2, 0.25) is 5.91 Å². The van der Waals surface area contributed by atoms with E-state index in [-0.39, 0.29) is 23.3 Å². The summed E-state index contributed by atoms with van der Waals surface area (Å²) in [5.41, 5.74) is 1.18. The number of ether oxygens (including phenoxy) is 1. The molecular weight excluding hydrogens is 354 g/mol. The van der Waals surface area contributed by atoms with Gasteiger partial charge < -0.3 is 14.5 Å². The number of hydrogen-bond acceptors (Lipinski definition) is 4. The molecule has 2 amide bonds. The number of piperidine rings is 2. The molecular formula is C22H33N3O3. The molecule has 3 heterocycles. The molecule has 1 spiro atoms. The predicted molar refractivity (Wildman–Crippen MR) is 108 cm³/mol. The van der Waals surface area contributed by atoms with Crippen LogP contribution in [0, 0.1) is 5.41 Å². The van der Waals surface area contributed by atoms with Crippen LogP contribution >= 0.6 is 0 Å². The number of pyridine rings is 1. The molecule has 0 aromatic carbocycles. The molecule has 2 aliphatic heterocycles. The Kier molecular flexibility index (Phi) is 7.05. The van der Waals surface area contributed by atoms with Crippen LogP contribution < -0.4 is 0 Å². The maximum atomic E-state index is 12.6. The molecule has 1 aromatic heterocycles. The Morgan fingerprint density at radius 2 is 2.07 bits per heavy atom. The number of nitrogens with zero attached hydrogens (tertiary/aromatic N) is 3. The molecule has 1 aromatic rings. The van der Waals surface area contributed by atoms with Gasteiger partial charge >= 0.3 is 0 Å². The Labute approximate surface area is 168 Å². The highest BCUT2D eigenvalue weighted by Crippen LogP contribution is 2.40. The first kappa shape index (κ1) is 20.8. The standard InChI is InChI=1S/C22H33N3O3/c1-3-16-28-18(2)21(27)24-14-10-22(11-15-24)9-7-20(26)25(17-22)13-8-19-6-4-5-12-23-19/h4-6,12,18H,3,7-11,13-17H2,1-2H3/t18-/m0/s1. The zero-order chi connectivity index (χ0) is 20.0. The lowest BCUT2D eigenvalue weighted by molar-refractivity contribution is -0.148. The molecule has 0 aliphatic carbocycles. The monoisotopic (exact) mass is 387 g/mol.